The van der Waals surface area contributed by atoms with Gasteiger partial charge in [0.05, 0.1) is 5.92 Å². The van der Waals surface area contributed by atoms with Crippen LogP contribution in [0.25, 0.3) is 0 Å². The molecule has 0 spiro atoms. The summed E-state index contributed by atoms with van der Waals surface area (Å²) in [7, 11) is 0. The van der Waals surface area contributed by atoms with Crippen molar-refractivity contribution in [1.29, 1.82) is 0 Å². The summed E-state index contributed by atoms with van der Waals surface area (Å²) in [4.78, 5) is 36.2. The van der Waals surface area contributed by atoms with Gasteiger partial charge in [-0.25, -0.2) is 0 Å². The number of aliphatic carboxylic acids is 1. The van der Waals surface area contributed by atoms with Crippen LogP contribution in [0, 0.1) is 5.92 Å². The van der Waals surface area contributed by atoms with Crippen molar-refractivity contribution in [1.82, 2.24) is 5.32 Å². The first kappa shape index (κ1) is 20.7. The number of carbonyl (C=O) groups is 3. The number of rotatable bonds is 8. The zero-order valence-electron chi connectivity index (χ0n) is 15.3. The van der Waals surface area contributed by atoms with E-state index in [1.165, 1.54) is 6.92 Å². The van der Waals surface area contributed by atoms with E-state index < -0.39 is 17.9 Å². The Morgan fingerprint density at radius 3 is 2.07 bits per heavy atom. The van der Waals surface area contributed by atoms with Crippen LogP contribution in [-0.2, 0) is 9.59 Å². The lowest BCUT2D eigenvalue weighted by atomic mass is 9.88. The van der Waals surface area contributed by atoms with Crippen molar-refractivity contribution in [3.8, 4) is 0 Å². The highest BCUT2D eigenvalue weighted by molar-refractivity contribution is 8.14. The van der Waals surface area contributed by atoms with Gasteiger partial charge in [-0.3, -0.25) is 14.4 Å². The van der Waals surface area contributed by atoms with E-state index >= 15 is 0 Å². The van der Waals surface area contributed by atoms with Gasteiger partial charge in [0.15, 0.2) is 0 Å². The highest BCUT2D eigenvalue weighted by Gasteiger charge is 2.29. The van der Waals surface area contributed by atoms with Gasteiger partial charge in [-0.05, 0) is 18.4 Å². The monoisotopic (exact) mass is 385 g/mol. The summed E-state index contributed by atoms with van der Waals surface area (Å²) < 4.78 is 0. The van der Waals surface area contributed by atoms with Crippen molar-refractivity contribution < 1.29 is 19.5 Å². The Bertz CT molecular complexity index is 779. The third kappa shape index (κ3) is 5.96. The summed E-state index contributed by atoms with van der Waals surface area (Å²) in [6, 6.07) is 17.4. The van der Waals surface area contributed by atoms with Gasteiger partial charge in [-0.15, -0.1) is 0 Å². The lowest BCUT2D eigenvalue weighted by Gasteiger charge is -2.24. The predicted octanol–water partition coefficient (Wildman–Crippen LogP) is 3.57. The molecule has 2 aromatic rings. The molecule has 1 amide bonds. The molecule has 2 unspecified atom stereocenters. The van der Waals surface area contributed by atoms with Gasteiger partial charge in [0, 0.05) is 11.3 Å². The average molecular weight is 385 g/mol. The van der Waals surface area contributed by atoms with E-state index in [9.17, 15) is 14.4 Å². The molecule has 0 saturated heterocycles. The molecule has 0 fully saturated rings. The van der Waals surface area contributed by atoms with Gasteiger partial charge in [0.2, 0.25) is 11.0 Å². The van der Waals surface area contributed by atoms with Gasteiger partial charge < -0.3 is 10.4 Å². The summed E-state index contributed by atoms with van der Waals surface area (Å²) in [5, 5.41) is 11.5. The van der Waals surface area contributed by atoms with Gasteiger partial charge in [-0.2, -0.15) is 0 Å². The number of amides is 1. The first-order valence-electron chi connectivity index (χ1n) is 8.70. The van der Waals surface area contributed by atoms with E-state index in [2.05, 4.69) is 5.32 Å². The second kappa shape index (κ2) is 9.92. The molecule has 2 N–H and O–H groups in total. The topological polar surface area (TPSA) is 83.5 Å². The summed E-state index contributed by atoms with van der Waals surface area (Å²) in [6.45, 7) is 3.34. The fraction of sp³-hybridized carbons (Fsp3) is 0.286. The molecule has 0 aromatic heterocycles. The number of hydrogen-bond donors (Lipinski definition) is 2. The van der Waals surface area contributed by atoms with Crippen LogP contribution in [0.2, 0.25) is 0 Å². The summed E-state index contributed by atoms with van der Waals surface area (Å²) >= 11 is 1.08. The van der Waals surface area contributed by atoms with E-state index in [1.54, 1.807) is 24.3 Å². The first-order valence-corrected chi connectivity index (χ1v) is 9.69. The molecule has 0 aliphatic rings. The van der Waals surface area contributed by atoms with Crippen LogP contribution in [0.1, 0.15) is 35.7 Å². The minimum atomic E-state index is -1.09. The molecule has 142 valence electrons. The molecular weight excluding hydrogens is 362 g/mol. The molecule has 2 rings (SSSR count). The van der Waals surface area contributed by atoms with Crippen LogP contribution in [-0.4, -0.2) is 33.9 Å². The maximum atomic E-state index is 12.7. The number of benzene rings is 2. The minimum Gasteiger partial charge on any atom is -0.480 e. The Hall–Kier alpha value is -2.60. The third-order valence-electron chi connectivity index (χ3n) is 4.40. The second-order valence-corrected chi connectivity index (χ2v) is 7.33. The van der Waals surface area contributed by atoms with Crippen LogP contribution in [0.5, 0.6) is 0 Å². The SMILES string of the molecule is CC(NC(=O)[C@@H](CSC(=O)c1ccccc1)C(C)c1ccccc1)C(=O)O. The van der Waals surface area contributed by atoms with Gasteiger partial charge in [-0.1, -0.05) is 79.3 Å². The molecule has 6 heteroatoms. The standard InChI is InChI=1S/C21H23NO4S/c1-14(16-9-5-3-6-10-16)18(19(23)22-15(2)20(24)25)13-27-21(26)17-11-7-4-8-12-17/h3-12,14-15,18H,13H2,1-2H3,(H,22,23)(H,24,25)/t14?,15?,18-/m0/s1. The Kier molecular flexibility index (Phi) is 7.61. The van der Waals surface area contributed by atoms with E-state index in [-0.39, 0.29) is 22.7 Å². The molecule has 0 aliphatic heterocycles. The minimum absolute atomic E-state index is 0.111. The van der Waals surface area contributed by atoms with E-state index in [4.69, 9.17) is 5.11 Å². The predicted molar refractivity (Wildman–Crippen MR) is 107 cm³/mol. The lowest BCUT2D eigenvalue weighted by molar-refractivity contribution is -0.141. The van der Waals surface area contributed by atoms with Crippen molar-refractivity contribution >= 4 is 28.8 Å². The first-order chi connectivity index (χ1) is 12.9. The van der Waals surface area contributed by atoms with Gasteiger partial charge in [0.25, 0.3) is 0 Å². The largest absolute Gasteiger partial charge is 0.480 e. The Morgan fingerprint density at radius 1 is 0.963 bits per heavy atom. The molecule has 27 heavy (non-hydrogen) atoms. The fourth-order valence-corrected chi connectivity index (χ4v) is 3.71. The normalized spacial score (nSPS) is 14.0. The molecule has 5 nitrogen and oxygen atoms in total. The van der Waals surface area contributed by atoms with Gasteiger partial charge >= 0.3 is 5.97 Å². The Morgan fingerprint density at radius 2 is 1.52 bits per heavy atom. The Labute approximate surface area is 163 Å². The number of nitrogens with one attached hydrogen (secondary N) is 1. The van der Waals surface area contributed by atoms with Gasteiger partial charge in [0.1, 0.15) is 6.04 Å². The van der Waals surface area contributed by atoms with Crippen molar-refractivity contribution in [3.05, 3.63) is 71.8 Å². The smallest absolute Gasteiger partial charge is 0.325 e. The van der Waals surface area contributed by atoms with Crippen LogP contribution < -0.4 is 5.32 Å². The molecule has 0 heterocycles. The molecule has 0 aliphatic carbocycles. The average Bonchev–Trinajstić information content (AvgIpc) is 2.69. The maximum absolute atomic E-state index is 12.7. The highest BCUT2D eigenvalue weighted by Crippen LogP contribution is 2.29. The molecule has 0 bridgehead atoms. The van der Waals surface area contributed by atoms with Crippen LogP contribution >= 0.6 is 11.8 Å². The molecule has 3 atom stereocenters. The van der Waals surface area contributed by atoms with Crippen molar-refractivity contribution in [2.45, 2.75) is 25.8 Å². The zero-order chi connectivity index (χ0) is 19.8. The van der Waals surface area contributed by atoms with Crippen molar-refractivity contribution in [3.63, 3.8) is 0 Å². The fourth-order valence-electron chi connectivity index (χ4n) is 2.64. The van der Waals surface area contributed by atoms with Crippen LogP contribution in [0.3, 0.4) is 0 Å². The number of hydrogen-bond acceptors (Lipinski definition) is 4. The van der Waals surface area contributed by atoms with E-state index in [1.807, 2.05) is 43.3 Å². The maximum Gasteiger partial charge on any atom is 0.325 e. The van der Waals surface area contributed by atoms with Crippen LogP contribution in [0.15, 0.2) is 60.7 Å². The zero-order valence-corrected chi connectivity index (χ0v) is 16.1. The van der Waals surface area contributed by atoms with E-state index in [0.717, 1.165) is 17.3 Å². The molecule has 2 aromatic carbocycles. The lowest BCUT2D eigenvalue weighted by Crippen LogP contribution is -2.43. The number of carboxylic acids is 1. The summed E-state index contributed by atoms with van der Waals surface area (Å²) in [5.41, 5.74) is 1.54. The number of thioether (sulfide) groups is 1. The summed E-state index contributed by atoms with van der Waals surface area (Å²) in [6.07, 6.45) is 0. The third-order valence-corrected chi connectivity index (χ3v) is 5.42. The Balaban J connectivity index is 2.14. The summed E-state index contributed by atoms with van der Waals surface area (Å²) in [5.74, 6) is -1.89. The number of carboxylic acid groups (broad SMARTS) is 1. The molecule has 0 radical (unpaired) electrons. The van der Waals surface area contributed by atoms with Crippen molar-refractivity contribution in [2.75, 3.05) is 5.75 Å². The van der Waals surface area contributed by atoms with E-state index in [0.29, 0.717) is 5.56 Å². The quantitative estimate of drug-likeness (QED) is 0.726. The second-order valence-electron chi connectivity index (χ2n) is 6.34. The van der Waals surface area contributed by atoms with Crippen LogP contribution in [0.4, 0.5) is 0 Å². The highest BCUT2D eigenvalue weighted by atomic mass is 32.2. The van der Waals surface area contributed by atoms with Crippen molar-refractivity contribution in [2.24, 2.45) is 5.92 Å². The molecule has 0 saturated carbocycles. The number of carbonyl (C=O) groups excluding carboxylic acids is 2. The molecular formula is C21H23NO4S.